The summed E-state index contributed by atoms with van der Waals surface area (Å²) in [6.07, 6.45) is 3.31. The summed E-state index contributed by atoms with van der Waals surface area (Å²) in [4.78, 5) is 4.41. The van der Waals surface area contributed by atoms with Gasteiger partial charge in [-0.15, -0.1) is 22.9 Å². The monoisotopic (exact) mass is 327 g/mol. The normalized spacial score (nSPS) is 11.0. The first-order valence-corrected chi connectivity index (χ1v) is 8.53. The van der Waals surface area contributed by atoms with Crippen LogP contribution in [-0.4, -0.2) is 11.6 Å². The van der Waals surface area contributed by atoms with Gasteiger partial charge in [-0.05, 0) is 24.6 Å². The van der Waals surface area contributed by atoms with Crippen LogP contribution in [0.4, 0.5) is 4.39 Å². The van der Waals surface area contributed by atoms with Crippen LogP contribution in [0.1, 0.15) is 37.4 Å². The van der Waals surface area contributed by atoms with Crippen molar-refractivity contribution in [2.75, 3.05) is 6.61 Å². The lowest BCUT2D eigenvalue weighted by Gasteiger charge is -2.07. The van der Waals surface area contributed by atoms with Gasteiger partial charge in [-0.2, -0.15) is 0 Å². The molecule has 0 spiro atoms. The van der Waals surface area contributed by atoms with Gasteiger partial charge in [0.15, 0.2) is 0 Å². The third kappa shape index (κ3) is 4.77. The van der Waals surface area contributed by atoms with E-state index in [0.717, 1.165) is 35.5 Å². The van der Waals surface area contributed by atoms with E-state index in [2.05, 4.69) is 11.9 Å². The Morgan fingerprint density at radius 2 is 2.19 bits per heavy atom. The van der Waals surface area contributed by atoms with E-state index in [0.29, 0.717) is 24.7 Å². The summed E-state index contributed by atoms with van der Waals surface area (Å²) >= 11 is 7.28. The number of alkyl halides is 1. The highest BCUT2D eigenvalue weighted by atomic mass is 35.5. The summed E-state index contributed by atoms with van der Waals surface area (Å²) in [5.41, 5.74) is 2.33. The molecule has 0 aliphatic carbocycles. The Kier molecular flexibility index (Phi) is 6.61. The van der Waals surface area contributed by atoms with E-state index in [-0.39, 0.29) is 5.82 Å². The van der Waals surface area contributed by atoms with Gasteiger partial charge in [-0.3, -0.25) is 0 Å². The fourth-order valence-electron chi connectivity index (χ4n) is 1.96. The number of benzene rings is 1. The van der Waals surface area contributed by atoms with Crippen LogP contribution < -0.4 is 0 Å². The predicted molar refractivity (Wildman–Crippen MR) is 86.2 cm³/mol. The van der Waals surface area contributed by atoms with Crippen molar-refractivity contribution in [1.82, 2.24) is 4.98 Å². The summed E-state index contributed by atoms with van der Waals surface area (Å²) < 4.78 is 19.4. The van der Waals surface area contributed by atoms with Crippen molar-refractivity contribution in [3.63, 3.8) is 0 Å². The van der Waals surface area contributed by atoms with Gasteiger partial charge < -0.3 is 4.74 Å². The van der Waals surface area contributed by atoms with E-state index in [1.807, 2.05) is 11.4 Å². The maximum atomic E-state index is 13.8. The van der Waals surface area contributed by atoms with Crippen molar-refractivity contribution in [3.05, 3.63) is 40.7 Å². The highest BCUT2D eigenvalue weighted by Crippen LogP contribution is 2.26. The van der Waals surface area contributed by atoms with Gasteiger partial charge in [0, 0.05) is 23.1 Å². The second-order valence-electron chi connectivity index (χ2n) is 4.84. The third-order valence-corrected chi connectivity index (χ3v) is 4.35. The minimum atomic E-state index is -0.233. The van der Waals surface area contributed by atoms with Gasteiger partial charge in [0.05, 0.1) is 18.2 Å². The van der Waals surface area contributed by atoms with Gasteiger partial charge in [-0.1, -0.05) is 19.8 Å². The number of hydrogen-bond acceptors (Lipinski definition) is 3. The molecule has 1 heterocycles. The highest BCUT2D eigenvalue weighted by Gasteiger charge is 2.09. The molecule has 1 aromatic carbocycles. The molecule has 0 unspecified atom stereocenters. The number of ether oxygens (including phenoxy) is 1. The maximum Gasteiger partial charge on any atom is 0.128 e. The number of rotatable bonds is 8. The molecule has 2 rings (SSSR count). The Balaban J connectivity index is 2.02. The highest BCUT2D eigenvalue weighted by molar-refractivity contribution is 7.13. The van der Waals surface area contributed by atoms with Crippen molar-refractivity contribution >= 4 is 22.9 Å². The number of nitrogens with zero attached hydrogens (tertiary/aromatic N) is 1. The van der Waals surface area contributed by atoms with Crippen LogP contribution >= 0.6 is 22.9 Å². The van der Waals surface area contributed by atoms with Crippen molar-refractivity contribution in [3.8, 4) is 10.6 Å². The zero-order chi connectivity index (χ0) is 15.1. The van der Waals surface area contributed by atoms with E-state index in [1.165, 1.54) is 17.4 Å². The van der Waals surface area contributed by atoms with Crippen LogP contribution in [0.3, 0.4) is 0 Å². The van der Waals surface area contributed by atoms with Crippen molar-refractivity contribution in [2.45, 2.75) is 38.7 Å². The van der Waals surface area contributed by atoms with E-state index >= 15 is 0 Å². The molecule has 0 atom stereocenters. The van der Waals surface area contributed by atoms with Crippen molar-refractivity contribution in [1.29, 1.82) is 0 Å². The standard InChI is InChI=1S/C16H19ClFNOS/c1-2-3-4-7-20-10-13-8-12(5-6-15(13)18)16-19-14(9-17)11-21-16/h5-6,8,11H,2-4,7,9-10H2,1H3. The molecule has 21 heavy (non-hydrogen) atoms. The molecule has 0 aliphatic rings. The van der Waals surface area contributed by atoms with Gasteiger partial charge >= 0.3 is 0 Å². The molecule has 0 saturated heterocycles. The van der Waals surface area contributed by atoms with Crippen LogP contribution in [0.2, 0.25) is 0 Å². The minimum absolute atomic E-state index is 0.233. The van der Waals surface area contributed by atoms with Gasteiger partial charge in [-0.25, -0.2) is 9.37 Å². The average Bonchev–Trinajstić information content (AvgIpc) is 2.98. The minimum Gasteiger partial charge on any atom is -0.377 e. The van der Waals surface area contributed by atoms with E-state index in [9.17, 15) is 4.39 Å². The molecule has 0 fully saturated rings. The Morgan fingerprint density at radius 1 is 1.33 bits per heavy atom. The molecule has 2 nitrogen and oxygen atoms in total. The summed E-state index contributed by atoms with van der Waals surface area (Å²) in [7, 11) is 0. The number of hydrogen-bond donors (Lipinski definition) is 0. The molecule has 2 aromatic rings. The average molecular weight is 328 g/mol. The molecule has 0 bridgehead atoms. The van der Waals surface area contributed by atoms with Gasteiger partial charge in [0.2, 0.25) is 0 Å². The molecular weight excluding hydrogens is 309 g/mol. The molecular formula is C16H19ClFNOS. The smallest absolute Gasteiger partial charge is 0.128 e. The third-order valence-electron chi connectivity index (χ3n) is 3.13. The van der Waals surface area contributed by atoms with Gasteiger partial charge in [0.1, 0.15) is 10.8 Å². The number of aromatic nitrogens is 1. The lowest BCUT2D eigenvalue weighted by molar-refractivity contribution is 0.115. The first-order valence-electron chi connectivity index (χ1n) is 7.11. The molecule has 0 amide bonds. The summed E-state index contributed by atoms with van der Waals surface area (Å²) in [5.74, 6) is 0.161. The largest absolute Gasteiger partial charge is 0.377 e. The zero-order valence-corrected chi connectivity index (χ0v) is 13.6. The number of unbranched alkanes of at least 4 members (excludes halogenated alkanes) is 2. The molecule has 0 N–H and O–H groups in total. The van der Waals surface area contributed by atoms with Crippen LogP contribution in [-0.2, 0) is 17.2 Å². The lowest BCUT2D eigenvalue weighted by atomic mass is 10.1. The maximum absolute atomic E-state index is 13.8. The van der Waals surface area contributed by atoms with Crippen molar-refractivity contribution < 1.29 is 9.13 Å². The van der Waals surface area contributed by atoms with E-state index in [4.69, 9.17) is 16.3 Å². The summed E-state index contributed by atoms with van der Waals surface area (Å²) in [6.45, 7) is 3.12. The molecule has 1 aromatic heterocycles. The first-order chi connectivity index (χ1) is 10.2. The fraction of sp³-hybridized carbons (Fsp3) is 0.438. The first kappa shape index (κ1) is 16.4. The van der Waals surface area contributed by atoms with Gasteiger partial charge in [0.25, 0.3) is 0 Å². The predicted octanol–water partition coefficient (Wildman–Crippen LogP) is 5.39. The fourth-order valence-corrected chi connectivity index (χ4v) is 3.00. The van der Waals surface area contributed by atoms with Crippen LogP contribution in [0.15, 0.2) is 23.6 Å². The topological polar surface area (TPSA) is 22.1 Å². The SMILES string of the molecule is CCCCCOCc1cc(-c2nc(CCl)cs2)ccc1F. The number of thiazole rings is 1. The molecule has 0 radical (unpaired) electrons. The van der Waals surface area contributed by atoms with Crippen LogP contribution in [0.5, 0.6) is 0 Å². The number of halogens is 2. The second-order valence-corrected chi connectivity index (χ2v) is 5.97. The van der Waals surface area contributed by atoms with Crippen LogP contribution in [0, 0.1) is 5.82 Å². The van der Waals surface area contributed by atoms with Crippen molar-refractivity contribution in [2.24, 2.45) is 0 Å². The summed E-state index contributed by atoms with van der Waals surface area (Å²) in [5, 5.41) is 2.78. The lowest BCUT2D eigenvalue weighted by Crippen LogP contribution is -1.98. The molecule has 114 valence electrons. The Hall–Kier alpha value is -0.970. The second kappa shape index (κ2) is 8.47. The van der Waals surface area contributed by atoms with Crippen LogP contribution in [0.25, 0.3) is 10.6 Å². The summed E-state index contributed by atoms with van der Waals surface area (Å²) in [6, 6.07) is 5.03. The van der Waals surface area contributed by atoms with E-state index < -0.39 is 0 Å². The Morgan fingerprint density at radius 3 is 2.90 bits per heavy atom. The zero-order valence-electron chi connectivity index (χ0n) is 12.1. The molecule has 0 saturated carbocycles. The molecule has 0 aliphatic heterocycles. The Labute approximate surface area is 133 Å². The molecule has 5 heteroatoms. The van der Waals surface area contributed by atoms with E-state index in [1.54, 1.807) is 6.07 Å². The quantitative estimate of drug-likeness (QED) is 0.478. The Bertz CT molecular complexity index is 573.